The number of nitrogens with one attached hydrogen (secondary N) is 2. The number of aromatic nitrogens is 3. The highest BCUT2D eigenvalue weighted by Crippen LogP contribution is 2.11. The molecule has 0 saturated heterocycles. The molecule has 0 aliphatic rings. The number of rotatable bonds is 7. The summed E-state index contributed by atoms with van der Waals surface area (Å²) >= 11 is 0. The highest BCUT2D eigenvalue weighted by molar-refractivity contribution is 5.36. The minimum absolute atomic E-state index is 0.584. The number of aryl methyl sites for hydroxylation is 2. The molecule has 0 fully saturated rings. The largest absolute Gasteiger partial charge is 0.350 e. The van der Waals surface area contributed by atoms with Gasteiger partial charge in [-0.05, 0) is 30.0 Å². The van der Waals surface area contributed by atoms with E-state index in [-0.39, 0.29) is 0 Å². The lowest BCUT2D eigenvalue weighted by atomic mass is 10.1. The van der Waals surface area contributed by atoms with E-state index in [0.717, 1.165) is 6.42 Å². The molecule has 0 aliphatic carbocycles. The zero-order chi connectivity index (χ0) is 17.5. The van der Waals surface area contributed by atoms with Crippen LogP contribution in [0.5, 0.6) is 0 Å². The van der Waals surface area contributed by atoms with Crippen LogP contribution in [0.1, 0.15) is 29.4 Å². The maximum absolute atomic E-state index is 4.46. The maximum Gasteiger partial charge on any atom is 0.228 e. The van der Waals surface area contributed by atoms with Gasteiger partial charge in [-0.1, -0.05) is 61.5 Å². The normalized spacial score (nSPS) is 10.5. The van der Waals surface area contributed by atoms with Crippen LogP contribution in [-0.2, 0) is 19.5 Å². The maximum atomic E-state index is 4.46. The fourth-order valence-electron chi connectivity index (χ4n) is 2.56. The Balaban J connectivity index is 1.64. The molecular weight excluding hydrogens is 310 g/mol. The molecule has 1 aromatic heterocycles. The van der Waals surface area contributed by atoms with Gasteiger partial charge in [-0.15, -0.1) is 0 Å². The second-order valence-electron chi connectivity index (χ2n) is 5.90. The van der Waals surface area contributed by atoms with Gasteiger partial charge in [0.25, 0.3) is 0 Å². The van der Waals surface area contributed by atoms with Crippen LogP contribution in [0.2, 0.25) is 0 Å². The predicted octanol–water partition coefficient (Wildman–Crippen LogP) is 3.97. The summed E-state index contributed by atoms with van der Waals surface area (Å²) in [6.07, 6.45) is 1.03. The molecular formula is C20H23N5. The fraction of sp³-hybridized carbons (Fsp3) is 0.250. The Labute approximate surface area is 148 Å². The van der Waals surface area contributed by atoms with Crippen molar-refractivity contribution in [3.63, 3.8) is 0 Å². The Morgan fingerprint density at radius 2 is 1.32 bits per heavy atom. The summed E-state index contributed by atoms with van der Waals surface area (Å²) in [4.78, 5) is 13.2. The SMILES string of the molecule is CCc1cccc(CNc2nc(C)nc(NCc3ccccc3)n2)c1. The van der Waals surface area contributed by atoms with Crippen molar-refractivity contribution in [2.24, 2.45) is 0 Å². The molecule has 0 amide bonds. The second-order valence-corrected chi connectivity index (χ2v) is 5.90. The topological polar surface area (TPSA) is 62.7 Å². The molecule has 0 bridgehead atoms. The molecule has 25 heavy (non-hydrogen) atoms. The third kappa shape index (κ3) is 5.01. The Hall–Kier alpha value is -2.95. The smallest absolute Gasteiger partial charge is 0.228 e. The molecule has 0 atom stereocenters. The molecule has 5 nitrogen and oxygen atoms in total. The lowest BCUT2D eigenvalue weighted by molar-refractivity contribution is 0.936. The summed E-state index contributed by atoms with van der Waals surface area (Å²) in [6.45, 7) is 5.41. The third-order valence-corrected chi connectivity index (χ3v) is 3.89. The van der Waals surface area contributed by atoms with E-state index < -0.39 is 0 Å². The fourth-order valence-corrected chi connectivity index (χ4v) is 2.56. The van der Waals surface area contributed by atoms with E-state index in [4.69, 9.17) is 0 Å². The molecule has 0 saturated carbocycles. The number of nitrogens with zero attached hydrogens (tertiary/aromatic N) is 3. The summed E-state index contributed by atoms with van der Waals surface area (Å²) < 4.78 is 0. The monoisotopic (exact) mass is 333 g/mol. The van der Waals surface area contributed by atoms with E-state index in [9.17, 15) is 0 Å². The lowest BCUT2D eigenvalue weighted by Crippen LogP contribution is -2.10. The first-order valence-electron chi connectivity index (χ1n) is 8.55. The molecule has 128 valence electrons. The van der Waals surface area contributed by atoms with Crippen molar-refractivity contribution in [2.45, 2.75) is 33.4 Å². The molecule has 0 spiro atoms. The second kappa shape index (κ2) is 8.24. The standard InChI is InChI=1S/C20H23N5/c1-3-16-10-7-11-18(12-16)14-22-20-24-15(2)23-19(25-20)21-13-17-8-5-4-6-9-17/h4-12H,3,13-14H2,1-2H3,(H2,21,22,23,24,25). The first-order valence-corrected chi connectivity index (χ1v) is 8.55. The van der Waals surface area contributed by atoms with E-state index in [1.165, 1.54) is 16.7 Å². The van der Waals surface area contributed by atoms with Crippen LogP contribution in [0.15, 0.2) is 54.6 Å². The minimum atomic E-state index is 0.584. The van der Waals surface area contributed by atoms with Crippen molar-refractivity contribution < 1.29 is 0 Å². The van der Waals surface area contributed by atoms with Gasteiger partial charge in [-0.25, -0.2) is 0 Å². The van der Waals surface area contributed by atoms with Crippen molar-refractivity contribution in [1.82, 2.24) is 15.0 Å². The zero-order valence-corrected chi connectivity index (χ0v) is 14.7. The van der Waals surface area contributed by atoms with Crippen LogP contribution in [-0.4, -0.2) is 15.0 Å². The molecule has 3 aromatic rings. The highest BCUT2D eigenvalue weighted by Gasteiger charge is 2.04. The van der Waals surface area contributed by atoms with E-state index in [1.54, 1.807) is 0 Å². The van der Waals surface area contributed by atoms with Crippen LogP contribution in [0.25, 0.3) is 0 Å². The average molecular weight is 333 g/mol. The van der Waals surface area contributed by atoms with E-state index in [0.29, 0.717) is 30.8 Å². The summed E-state index contributed by atoms with van der Waals surface area (Å²) in [6, 6.07) is 18.7. The van der Waals surface area contributed by atoms with Crippen LogP contribution in [0.4, 0.5) is 11.9 Å². The summed E-state index contributed by atoms with van der Waals surface area (Å²) in [5.41, 5.74) is 3.74. The van der Waals surface area contributed by atoms with Crippen LogP contribution in [0, 0.1) is 6.92 Å². The Bertz CT molecular complexity index is 817. The Morgan fingerprint density at radius 3 is 2.00 bits per heavy atom. The van der Waals surface area contributed by atoms with E-state index in [2.05, 4.69) is 68.9 Å². The quantitative estimate of drug-likeness (QED) is 0.685. The number of hydrogen-bond donors (Lipinski definition) is 2. The van der Waals surface area contributed by atoms with E-state index >= 15 is 0 Å². The number of hydrogen-bond acceptors (Lipinski definition) is 5. The van der Waals surface area contributed by atoms with Crippen LogP contribution in [0.3, 0.4) is 0 Å². The average Bonchev–Trinajstić information content (AvgIpc) is 2.65. The first-order chi connectivity index (χ1) is 12.2. The van der Waals surface area contributed by atoms with Crippen molar-refractivity contribution in [3.8, 4) is 0 Å². The zero-order valence-electron chi connectivity index (χ0n) is 14.7. The van der Waals surface area contributed by atoms with Crippen LogP contribution < -0.4 is 10.6 Å². The van der Waals surface area contributed by atoms with Gasteiger partial charge in [-0.2, -0.15) is 15.0 Å². The first kappa shape index (κ1) is 16.9. The molecule has 1 heterocycles. The Kier molecular flexibility index (Phi) is 5.57. The third-order valence-electron chi connectivity index (χ3n) is 3.89. The van der Waals surface area contributed by atoms with Gasteiger partial charge in [0, 0.05) is 13.1 Å². The van der Waals surface area contributed by atoms with Crippen molar-refractivity contribution in [1.29, 1.82) is 0 Å². The predicted molar refractivity (Wildman–Crippen MR) is 101 cm³/mol. The summed E-state index contributed by atoms with van der Waals surface area (Å²) in [7, 11) is 0. The van der Waals surface area contributed by atoms with Gasteiger partial charge in [-0.3, -0.25) is 0 Å². The van der Waals surface area contributed by atoms with E-state index in [1.807, 2.05) is 25.1 Å². The molecule has 5 heteroatoms. The Morgan fingerprint density at radius 1 is 0.720 bits per heavy atom. The summed E-state index contributed by atoms with van der Waals surface area (Å²) in [5, 5.41) is 6.55. The molecule has 0 radical (unpaired) electrons. The molecule has 0 unspecified atom stereocenters. The summed E-state index contributed by atoms with van der Waals surface area (Å²) in [5.74, 6) is 1.86. The van der Waals surface area contributed by atoms with Gasteiger partial charge in [0.2, 0.25) is 11.9 Å². The molecule has 0 aliphatic heterocycles. The molecule has 3 rings (SSSR count). The van der Waals surface area contributed by atoms with Gasteiger partial charge >= 0.3 is 0 Å². The number of benzene rings is 2. The van der Waals surface area contributed by atoms with Gasteiger partial charge in [0.05, 0.1) is 0 Å². The van der Waals surface area contributed by atoms with Crippen molar-refractivity contribution >= 4 is 11.9 Å². The lowest BCUT2D eigenvalue weighted by Gasteiger charge is -2.10. The van der Waals surface area contributed by atoms with Gasteiger partial charge < -0.3 is 10.6 Å². The molecule has 2 N–H and O–H groups in total. The minimum Gasteiger partial charge on any atom is -0.350 e. The highest BCUT2D eigenvalue weighted by atomic mass is 15.2. The van der Waals surface area contributed by atoms with Gasteiger partial charge in [0.1, 0.15) is 5.82 Å². The van der Waals surface area contributed by atoms with Crippen molar-refractivity contribution in [2.75, 3.05) is 10.6 Å². The number of anilines is 2. The van der Waals surface area contributed by atoms with Gasteiger partial charge in [0.15, 0.2) is 0 Å². The van der Waals surface area contributed by atoms with Crippen LogP contribution >= 0.6 is 0 Å². The molecule has 2 aromatic carbocycles. The van der Waals surface area contributed by atoms with Crippen molar-refractivity contribution in [3.05, 3.63) is 77.1 Å².